The minimum Gasteiger partial charge on any atom is -0.481 e. The summed E-state index contributed by atoms with van der Waals surface area (Å²) in [4.78, 5) is 28.2. The maximum atomic E-state index is 11.5. The van der Waals surface area contributed by atoms with Gasteiger partial charge in [0.15, 0.2) is 5.13 Å². The summed E-state index contributed by atoms with van der Waals surface area (Å²) in [5, 5.41) is 13.1. The van der Waals surface area contributed by atoms with Crippen molar-refractivity contribution >= 4 is 34.1 Å². The third kappa shape index (κ3) is 5.00. The van der Waals surface area contributed by atoms with Gasteiger partial charge >= 0.3 is 11.9 Å². The lowest BCUT2D eigenvalue weighted by Crippen LogP contribution is -2.00. The Balaban J connectivity index is 1.88. The normalized spacial score (nSPS) is 10.8. The summed E-state index contributed by atoms with van der Waals surface area (Å²) in [5.41, 5.74) is 3.97. The van der Waals surface area contributed by atoms with Gasteiger partial charge in [0.25, 0.3) is 0 Å². The van der Waals surface area contributed by atoms with Gasteiger partial charge in [0, 0.05) is 16.1 Å². The van der Waals surface area contributed by atoms with Gasteiger partial charge in [0.2, 0.25) is 0 Å². The summed E-state index contributed by atoms with van der Waals surface area (Å²) in [5.74, 6) is -0.882. The lowest BCUT2D eigenvalue weighted by Gasteiger charge is -2.06. The topological polar surface area (TPSA) is 88.5 Å². The van der Waals surface area contributed by atoms with Gasteiger partial charge < -0.3 is 15.2 Å². The summed E-state index contributed by atoms with van der Waals surface area (Å²) in [6, 6.07) is 14.9. The molecule has 1 aromatic heterocycles. The number of aliphatic carboxylic acids is 1. The molecule has 29 heavy (non-hydrogen) atoms. The second-order valence-corrected chi connectivity index (χ2v) is 7.92. The fraction of sp³-hybridized carbons (Fsp3) is 0.227. The molecule has 0 radical (unpaired) electrons. The zero-order chi connectivity index (χ0) is 21.0. The highest BCUT2D eigenvalue weighted by atomic mass is 32.1. The zero-order valence-electron chi connectivity index (χ0n) is 16.4. The van der Waals surface area contributed by atoms with Crippen LogP contribution in [0, 0.1) is 0 Å². The minimum absolute atomic E-state index is 0.0953. The van der Waals surface area contributed by atoms with Crippen molar-refractivity contribution in [3.05, 3.63) is 64.5 Å². The van der Waals surface area contributed by atoms with Gasteiger partial charge in [0.1, 0.15) is 0 Å². The molecular formula is C22H22N2O4S. The fourth-order valence-electron chi connectivity index (χ4n) is 2.84. The van der Waals surface area contributed by atoms with Crippen molar-refractivity contribution in [3.63, 3.8) is 0 Å². The molecule has 0 amide bonds. The molecule has 0 aliphatic heterocycles. The Bertz CT molecular complexity index is 1010. The first-order chi connectivity index (χ1) is 13.9. The number of anilines is 2. The van der Waals surface area contributed by atoms with Crippen LogP contribution >= 0.6 is 11.3 Å². The maximum absolute atomic E-state index is 11.5. The van der Waals surface area contributed by atoms with Gasteiger partial charge in [-0.25, -0.2) is 9.78 Å². The molecule has 2 N–H and O–H groups in total. The maximum Gasteiger partial charge on any atom is 0.337 e. The number of ether oxygens (including phenoxy) is 1. The second kappa shape index (κ2) is 8.87. The Morgan fingerprint density at radius 2 is 1.76 bits per heavy atom. The molecule has 6 nitrogen and oxygen atoms in total. The summed E-state index contributed by atoms with van der Waals surface area (Å²) < 4.78 is 4.70. The first-order valence-corrected chi connectivity index (χ1v) is 9.96. The van der Waals surface area contributed by atoms with Crippen molar-refractivity contribution in [2.45, 2.75) is 26.2 Å². The second-order valence-electron chi connectivity index (χ2n) is 6.83. The highest BCUT2D eigenvalue weighted by Gasteiger charge is 2.16. The minimum atomic E-state index is -0.900. The van der Waals surface area contributed by atoms with Crippen LogP contribution in [0.2, 0.25) is 0 Å². The average Bonchev–Trinajstić information content (AvgIpc) is 3.09. The highest BCUT2D eigenvalue weighted by Crippen LogP contribution is 2.34. The Labute approximate surface area is 173 Å². The third-order valence-corrected chi connectivity index (χ3v) is 5.39. The Kier molecular flexibility index (Phi) is 6.29. The van der Waals surface area contributed by atoms with Crippen LogP contribution in [0.5, 0.6) is 0 Å². The van der Waals surface area contributed by atoms with Crippen LogP contribution in [-0.2, 0) is 16.0 Å². The van der Waals surface area contributed by atoms with E-state index in [1.165, 1.54) is 24.0 Å². The Hall–Kier alpha value is -3.19. The van der Waals surface area contributed by atoms with Crippen LogP contribution < -0.4 is 5.32 Å². The molecule has 3 aromatic rings. The lowest BCUT2D eigenvalue weighted by atomic mass is 10.0. The van der Waals surface area contributed by atoms with E-state index in [-0.39, 0.29) is 6.42 Å². The van der Waals surface area contributed by atoms with E-state index in [9.17, 15) is 14.7 Å². The number of aromatic nitrogens is 1. The predicted molar refractivity (Wildman–Crippen MR) is 114 cm³/mol. The number of benzene rings is 2. The van der Waals surface area contributed by atoms with Gasteiger partial charge in [-0.1, -0.05) is 38.1 Å². The number of nitrogens with one attached hydrogen (secondary N) is 1. The number of carbonyl (C=O) groups is 2. The van der Waals surface area contributed by atoms with E-state index in [0.717, 1.165) is 11.3 Å². The molecule has 0 aliphatic carbocycles. The van der Waals surface area contributed by atoms with Crippen LogP contribution in [0.3, 0.4) is 0 Å². The quantitative estimate of drug-likeness (QED) is 0.528. The van der Waals surface area contributed by atoms with Gasteiger partial charge in [-0.3, -0.25) is 4.79 Å². The fourth-order valence-corrected chi connectivity index (χ4v) is 3.84. The molecule has 0 atom stereocenters. The van der Waals surface area contributed by atoms with Gasteiger partial charge in [-0.05, 0) is 35.7 Å². The highest BCUT2D eigenvalue weighted by molar-refractivity contribution is 7.16. The molecule has 0 fully saturated rings. The molecule has 150 valence electrons. The van der Waals surface area contributed by atoms with Gasteiger partial charge in [-0.15, -0.1) is 11.3 Å². The number of hydrogen-bond donors (Lipinski definition) is 2. The van der Waals surface area contributed by atoms with E-state index in [0.29, 0.717) is 27.2 Å². The first kappa shape index (κ1) is 20.5. The number of hydrogen-bond acceptors (Lipinski definition) is 6. The van der Waals surface area contributed by atoms with E-state index < -0.39 is 11.9 Å². The molecule has 0 bridgehead atoms. The molecule has 0 saturated heterocycles. The summed E-state index contributed by atoms with van der Waals surface area (Å²) in [6.45, 7) is 4.25. The van der Waals surface area contributed by atoms with Crippen molar-refractivity contribution in [2.24, 2.45) is 0 Å². The molecular weight excluding hydrogens is 388 g/mol. The van der Waals surface area contributed by atoms with Crippen molar-refractivity contribution in [1.82, 2.24) is 4.98 Å². The number of rotatable bonds is 7. The van der Waals surface area contributed by atoms with Crippen LogP contribution in [-0.4, -0.2) is 29.1 Å². The molecule has 3 rings (SSSR count). The van der Waals surface area contributed by atoms with Crippen LogP contribution in [0.4, 0.5) is 10.8 Å². The number of methoxy groups -OCH3 is 1. The van der Waals surface area contributed by atoms with E-state index >= 15 is 0 Å². The van der Waals surface area contributed by atoms with Gasteiger partial charge in [-0.2, -0.15) is 0 Å². The summed E-state index contributed by atoms with van der Waals surface area (Å²) in [6.07, 6.45) is -0.0953. The largest absolute Gasteiger partial charge is 0.481 e. The summed E-state index contributed by atoms with van der Waals surface area (Å²) >= 11 is 1.31. The van der Waals surface area contributed by atoms with Gasteiger partial charge in [0.05, 0.1) is 24.8 Å². The third-order valence-electron chi connectivity index (χ3n) is 4.42. The molecule has 0 spiro atoms. The number of carboxylic acid groups (broad SMARTS) is 1. The number of thiazole rings is 1. The van der Waals surface area contributed by atoms with E-state index in [1.807, 2.05) is 24.3 Å². The standard InChI is InChI=1S/C22H22N2O4S/c1-13(2)14-4-6-15(7-5-14)20-18(12-19(25)26)29-22(24-20)23-17-10-8-16(9-11-17)21(27)28-3/h4-11,13H,12H2,1-3H3,(H,23,24)(H,25,26). The predicted octanol–water partition coefficient (Wildman–Crippen LogP) is 5.09. The lowest BCUT2D eigenvalue weighted by molar-refractivity contribution is -0.136. The number of nitrogens with zero attached hydrogens (tertiary/aromatic N) is 1. The van der Waals surface area contributed by atoms with E-state index in [4.69, 9.17) is 4.74 Å². The number of carboxylic acids is 1. The molecule has 7 heteroatoms. The average molecular weight is 410 g/mol. The number of esters is 1. The summed E-state index contributed by atoms with van der Waals surface area (Å²) in [7, 11) is 1.34. The molecule has 0 unspecified atom stereocenters. The number of carbonyl (C=O) groups excluding carboxylic acids is 1. The molecule has 1 heterocycles. The van der Waals surface area contributed by atoms with Crippen molar-refractivity contribution in [2.75, 3.05) is 12.4 Å². The molecule has 0 aliphatic rings. The SMILES string of the molecule is COC(=O)c1ccc(Nc2nc(-c3ccc(C(C)C)cc3)c(CC(=O)O)s2)cc1. The molecule has 2 aromatic carbocycles. The van der Waals surface area contributed by atoms with Crippen LogP contribution in [0.1, 0.15) is 40.6 Å². The van der Waals surface area contributed by atoms with E-state index in [1.54, 1.807) is 24.3 Å². The van der Waals surface area contributed by atoms with Crippen molar-refractivity contribution in [1.29, 1.82) is 0 Å². The molecule has 0 saturated carbocycles. The first-order valence-electron chi connectivity index (χ1n) is 9.14. The smallest absolute Gasteiger partial charge is 0.337 e. The monoisotopic (exact) mass is 410 g/mol. The van der Waals surface area contributed by atoms with E-state index in [2.05, 4.69) is 24.1 Å². The Morgan fingerprint density at radius 1 is 1.10 bits per heavy atom. The Morgan fingerprint density at radius 3 is 2.31 bits per heavy atom. The van der Waals surface area contributed by atoms with Crippen molar-refractivity contribution in [3.8, 4) is 11.3 Å². The van der Waals surface area contributed by atoms with Crippen LogP contribution in [0.15, 0.2) is 48.5 Å². The van der Waals surface area contributed by atoms with Crippen LogP contribution in [0.25, 0.3) is 11.3 Å². The van der Waals surface area contributed by atoms with Crippen molar-refractivity contribution < 1.29 is 19.4 Å². The zero-order valence-corrected chi connectivity index (χ0v) is 17.2.